The summed E-state index contributed by atoms with van der Waals surface area (Å²) in [6.45, 7) is 5.37. The third kappa shape index (κ3) is 6.65. The number of carbonyl (C=O) groups is 1. The van der Waals surface area contributed by atoms with E-state index in [1.807, 2.05) is 24.3 Å². The number of ether oxygens (including phenoxy) is 1. The van der Waals surface area contributed by atoms with E-state index >= 15 is 0 Å². The molecular formula is C21H28N2O4S. The maximum atomic E-state index is 12.2. The molecule has 0 aliphatic heterocycles. The number of hydrogen-bond acceptors (Lipinski definition) is 4. The monoisotopic (exact) mass is 404 g/mol. The number of carbonyl (C=O) groups excluding carboxylic acids is 1. The lowest BCUT2D eigenvalue weighted by atomic mass is 10.1. The Kier molecular flexibility index (Phi) is 8.47. The number of hydrogen-bond donors (Lipinski definition) is 2. The van der Waals surface area contributed by atoms with Crippen LogP contribution in [0.5, 0.6) is 5.75 Å². The van der Waals surface area contributed by atoms with Gasteiger partial charge in [0.15, 0.2) is 0 Å². The van der Waals surface area contributed by atoms with Crippen LogP contribution in [0.25, 0.3) is 0 Å². The van der Waals surface area contributed by atoms with Gasteiger partial charge in [-0.25, -0.2) is 13.1 Å². The Morgan fingerprint density at radius 3 is 2.29 bits per heavy atom. The van der Waals surface area contributed by atoms with Gasteiger partial charge < -0.3 is 10.1 Å². The molecule has 0 aliphatic rings. The molecule has 6 nitrogen and oxygen atoms in total. The van der Waals surface area contributed by atoms with Crippen molar-refractivity contribution in [2.75, 3.05) is 19.7 Å². The van der Waals surface area contributed by atoms with Crippen LogP contribution in [0.4, 0.5) is 0 Å². The lowest BCUT2D eigenvalue weighted by Gasteiger charge is -2.08. The average molecular weight is 405 g/mol. The summed E-state index contributed by atoms with van der Waals surface area (Å²) in [6.07, 6.45) is 2.84. The molecule has 0 saturated heterocycles. The highest BCUT2D eigenvalue weighted by Crippen LogP contribution is 2.13. The second-order valence-corrected chi connectivity index (χ2v) is 8.14. The molecular weight excluding hydrogens is 376 g/mol. The van der Waals surface area contributed by atoms with Crippen molar-refractivity contribution in [2.45, 2.75) is 38.0 Å². The predicted molar refractivity (Wildman–Crippen MR) is 110 cm³/mol. The second kappa shape index (κ2) is 10.8. The topological polar surface area (TPSA) is 84.5 Å². The molecule has 7 heteroatoms. The molecule has 2 aromatic rings. The van der Waals surface area contributed by atoms with E-state index in [-0.39, 0.29) is 10.8 Å². The van der Waals surface area contributed by atoms with Crippen LogP contribution in [-0.4, -0.2) is 34.0 Å². The summed E-state index contributed by atoms with van der Waals surface area (Å²) >= 11 is 0. The van der Waals surface area contributed by atoms with Crippen molar-refractivity contribution in [3.8, 4) is 5.75 Å². The summed E-state index contributed by atoms with van der Waals surface area (Å²) in [6, 6.07) is 13.8. The fourth-order valence-electron chi connectivity index (χ4n) is 2.57. The standard InChI is InChI=1S/C21H28N2O4S/c1-3-5-16-27-19-10-6-17(7-11-19)14-15-22-21(24)18-8-12-20(13-9-18)28(25,26)23-4-2/h6-13,23H,3-5,14-16H2,1-2H3,(H,22,24). The SMILES string of the molecule is CCCCOc1ccc(CCNC(=O)c2ccc(S(=O)(=O)NCC)cc2)cc1. The number of unbranched alkanes of at least 4 members (excludes halogenated alkanes) is 1. The van der Waals surface area contributed by atoms with Crippen molar-refractivity contribution in [2.24, 2.45) is 0 Å². The van der Waals surface area contributed by atoms with Crippen LogP contribution in [-0.2, 0) is 16.4 Å². The van der Waals surface area contributed by atoms with E-state index in [0.717, 1.165) is 30.8 Å². The Labute approximate surface area is 167 Å². The van der Waals surface area contributed by atoms with E-state index in [4.69, 9.17) is 4.74 Å². The zero-order valence-electron chi connectivity index (χ0n) is 16.4. The van der Waals surface area contributed by atoms with Crippen LogP contribution in [0.3, 0.4) is 0 Å². The van der Waals surface area contributed by atoms with Gasteiger partial charge >= 0.3 is 0 Å². The third-order valence-electron chi connectivity index (χ3n) is 4.15. The fraction of sp³-hybridized carbons (Fsp3) is 0.381. The van der Waals surface area contributed by atoms with Gasteiger partial charge in [-0.05, 0) is 54.8 Å². The van der Waals surface area contributed by atoms with Gasteiger partial charge in [-0.15, -0.1) is 0 Å². The second-order valence-electron chi connectivity index (χ2n) is 6.38. The van der Waals surface area contributed by atoms with Gasteiger partial charge in [-0.1, -0.05) is 32.4 Å². The lowest BCUT2D eigenvalue weighted by Crippen LogP contribution is -2.26. The summed E-state index contributed by atoms with van der Waals surface area (Å²) in [4.78, 5) is 12.4. The van der Waals surface area contributed by atoms with Gasteiger partial charge in [0.1, 0.15) is 5.75 Å². The molecule has 152 valence electrons. The maximum absolute atomic E-state index is 12.2. The predicted octanol–water partition coefficient (Wildman–Crippen LogP) is 3.14. The molecule has 28 heavy (non-hydrogen) atoms. The van der Waals surface area contributed by atoms with E-state index in [0.29, 0.717) is 25.1 Å². The molecule has 0 bridgehead atoms. The number of benzene rings is 2. The molecule has 0 atom stereocenters. The molecule has 0 saturated carbocycles. The van der Waals surface area contributed by atoms with E-state index in [9.17, 15) is 13.2 Å². The minimum atomic E-state index is -3.51. The Morgan fingerprint density at radius 2 is 1.68 bits per heavy atom. The van der Waals surface area contributed by atoms with Crippen LogP contribution in [0.2, 0.25) is 0 Å². The number of amides is 1. The summed E-state index contributed by atoms with van der Waals surface area (Å²) in [5.41, 5.74) is 1.53. The quantitative estimate of drug-likeness (QED) is 0.564. The van der Waals surface area contributed by atoms with Crippen molar-refractivity contribution in [3.05, 3.63) is 59.7 Å². The number of rotatable bonds is 11. The zero-order valence-corrected chi connectivity index (χ0v) is 17.2. The smallest absolute Gasteiger partial charge is 0.251 e. The normalized spacial score (nSPS) is 11.2. The van der Waals surface area contributed by atoms with Crippen LogP contribution in [0.1, 0.15) is 42.6 Å². The van der Waals surface area contributed by atoms with Gasteiger partial charge in [0, 0.05) is 18.7 Å². The highest BCUT2D eigenvalue weighted by Gasteiger charge is 2.13. The first-order valence-corrected chi connectivity index (χ1v) is 11.0. The number of nitrogens with one attached hydrogen (secondary N) is 2. The van der Waals surface area contributed by atoms with Crippen LogP contribution >= 0.6 is 0 Å². The molecule has 0 fully saturated rings. The van der Waals surface area contributed by atoms with Crippen molar-refractivity contribution < 1.29 is 17.9 Å². The van der Waals surface area contributed by atoms with Crippen LogP contribution in [0, 0.1) is 0 Å². The Morgan fingerprint density at radius 1 is 1.00 bits per heavy atom. The summed E-state index contributed by atoms with van der Waals surface area (Å²) in [5, 5.41) is 2.85. The summed E-state index contributed by atoms with van der Waals surface area (Å²) in [7, 11) is -3.51. The van der Waals surface area contributed by atoms with Crippen molar-refractivity contribution in [1.29, 1.82) is 0 Å². The minimum Gasteiger partial charge on any atom is -0.494 e. The Balaban J connectivity index is 1.82. The van der Waals surface area contributed by atoms with E-state index in [1.54, 1.807) is 6.92 Å². The van der Waals surface area contributed by atoms with Gasteiger partial charge in [0.25, 0.3) is 5.91 Å². The first-order valence-electron chi connectivity index (χ1n) is 9.56. The minimum absolute atomic E-state index is 0.146. The van der Waals surface area contributed by atoms with Crippen molar-refractivity contribution in [3.63, 3.8) is 0 Å². The van der Waals surface area contributed by atoms with Crippen molar-refractivity contribution >= 4 is 15.9 Å². The largest absolute Gasteiger partial charge is 0.494 e. The summed E-state index contributed by atoms with van der Waals surface area (Å²) < 4.78 is 31.9. The van der Waals surface area contributed by atoms with Gasteiger partial charge in [-0.3, -0.25) is 4.79 Å². The first kappa shape index (κ1) is 21.9. The van der Waals surface area contributed by atoms with E-state index in [1.165, 1.54) is 24.3 Å². The molecule has 1 amide bonds. The molecule has 0 unspecified atom stereocenters. The van der Waals surface area contributed by atoms with Gasteiger partial charge in [-0.2, -0.15) is 0 Å². The maximum Gasteiger partial charge on any atom is 0.251 e. The lowest BCUT2D eigenvalue weighted by molar-refractivity contribution is 0.0954. The third-order valence-corrected chi connectivity index (χ3v) is 5.71. The van der Waals surface area contributed by atoms with E-state index in [2.05, 4.69) is 17.0 Å². The highest BCUT2D eigenvalue weighted by atomic mass is 32.2. The van der Waals surface area contributed by atoms with Gasteiger partial charge in [0.05, 0.1) is 11.5 Å². The van der Waals surface area contributed by atoms with Gasteiger partial charge in [0.2, 0.25) is 10.0 Å². The molecule has 0 heterocycles. The molecule has 2 rings (SSSR count). The van der Waals surface area contributed by atoms with E-state index < -0.39 is 10.0 Å². The van der Waals surface area contributed by atoms with Crippen molar-refractivity contribution in [1.82, 2.24) is 10.0 Å². The number of sulfonamides is 1. The Bertz CT molecular complexity index is 847. The van der Waals surface area contributed by atoms with Crippen LogP contribution < -0.4 is 14.8 Å². The first-order chi connectivity index (χ1) is 13.5. The zero-order chi connectivity index (χ0) is 20.4. The van der Waals surface area contributed by atoms with Crippen LogP contribution in [0.15, 0.2) is 53.4 Å². The summed E-state index contributed by atoms with van der Waals surface area (Å²) in [5.74, 6) is 0.626. The molecule has 0 radical (unpaired) electrons. The molecule has 2 N–H and O–H groups in total. The average Bonchev–Trinajstić information content (AvgIpc) is 2.69. The molecule has 0 spiro atoms. The highest BCUT2D eigenvalue weighted by molar-refractivity contribution is 7.89. The molecule has 0 aromatic heterocycles. The molecule has 2 aromatic carbocycles. The fourth-order valence-corrected chi connectivity index (χ4v) is 3.61. The Hall–Kier alpha value is -2.38. The molecule has 0 aliphatic carbocycles.